The summed E-state index contributed by atoms with van der Waals surface area (Å²) < 4.78 is 0. The summed E-state index contributed by atoms with van der Waals surface area (Å²) >= 11 is 0. The third-order valence-electron chi connectivity index (χ3n) is 3.80. The minimum Gasteiger partial charge on any atom is -0.313 e. The molecule has 1 aromatic heterocycles. The second-order valence-electron chi connectivity index (χ2n) is 5.33. The van der Waals surface area contributed by atoms with E-state index in [2.05, 4.69) is 10.3 Å². The van der Waals surface area contributed by atoms with E-state index in [-0.39, 0.29) is 5.91 Å². The van der Waals surface area contributed by atoms with Crippen molar-refractivity contribution < 1.29 is 4.79 Å². The molecule has 0 spiro atoms. The number of aromatic nitrogens is 1. The van der Waals surface area contributed by atoms with E-state index in [0.717, 1.165) is 11.4 Å². The molecule has 21 heavy (non-hydrogen) atoms. The Bertz CT molecular complexity index is 411. The molecule has 1 aliphatic carbocycles. The lowest BCUT2D eigenvalue weighted by molar-refractivity contribution is -0.117. The van der Waals surface area contributed by atoms with Crippen LogP contribution in [0.1, 0.15) is 51.6 Å². The maximum absolute atomic E-state index is 12.1. The molecule has 118 valence electrons. The average molecular weight is 291 g/mol. The molecule has 1 heterocycles. The van der Waals surface area contributed by atoms with Crippen LogP contribution in [-0.4, -0.2) is 30.5 Å². The maximum atomic E-state index is 12.1. The second-order valence-corrected chi connectivity index (χ2v) is 5.33. The van der Waals surface area contributed by atoms with E-state index in [4.69, 9.17) is 0 Å². The molecule has 1 aliphatic rings. The van der Waals surface area contributed by atoms with Crippen LogP contribution in [0.4, 0.5) is 5.69 Å². The summed E-state index contributed by atoms with van der Waals surface area (Å²) in [6.45, 7) is 6.35. The molecule has 0 bridgehead atoms. The van der Waals surface area contributed by atoms with Gasteiger partial charge in [0.15, 0.2) is 0 Å². The van der Waals surface area contributed by atoms with Gasteiger partial charge >= 0.3 is 0 Å². The smallest absolute Gasteiger partial charge is 0.240 e. The molecular weight excluding hydrogens is 262 g/mol. The number of hydrogen-bond acceptors (Lipinski definition) is 3. The standard InChI is InChI=1S/C15H23N3O.C2H6/c1-12-8-9-14(10-16-12)18(2)15(19)11-17-13-6-4-3-5-7-13;1-2/h8-10,13,17H,3-7,11H2,1-2H3;1-2H3. The number of rotatable bonds is 4. The highest BCUT2D eigenvalue weighted by Crippen LogP contribution is 2.17. The first-order valence-electron chi connectivity index (χ1n) is 8.09. The number of carbonyl (C=O) groups excluding carboxylic acids is 1. The molecule has 0 aromatic carbocycles. The predicted octanol–water partition coefficient (Wildman–Crippen LogP) is 3.30. The van der Waals surface area contributed by atoms with Gasteiger partial charge in [-0.3, -0.25) is 9.78 Å². The average Bonchev–Trinajstić information content (AvgIpc) is 2.55. The molecule has 1 saturated carbocycles. The molecule has 4 heteroatoms. The lowest BCUT2D eigenvalue weighted by Gasteiger charge is -2.24. The number of aryl methyl sites for hydroxylation is 1. The van der Waals surface area contributed by atoms with E-state index in [1.807, 2.05) is 32.9 Å². The Morgan fingerprint density at radius 2 is 1.95 bits per heavy atom. The molecule has 0 saturated heterocycles. The van der Waals surface area contributed by atoms with Gasteiger partial charge in [-0.25, -0.2) is 0 Å². The van der Waals surface area contributed by atoms with Gasteiger partial charge in [0.2, 0.25) is 5.91 Å². The van der Waals surface area contributed by atoms with E-state index < -0.39 is 0 Å². The zero-order valence-electron chi connectivity index (χ0n) is 13.9. The summed E-state index contributed by atoms with van der Waals surface area (Å²) in [5.74, 6) is 0.0937. The molecule has 0 aliphatic heterocycles. The van der Waals surface area contributed by atoms with Gasteiger partial charge in [-0.15, -0.1) is 0 Å². The zero-order valence-corrected chi connectivity index (χ0v) is 13.9. The van der Waals surface area contributed by atoms with Crippen molar-refractivity contribution in [3.8, 4) is 0 Å². The normalized spacial score (nSPS) is 15.0. The van der Waals surface area contributed by atoms with Gasteiger partial charge in [-0.05, 0) is 31.9 Å². The van der Waals surface area contributed by atoms with Crippen LogP contribution < -0.4 is 10.2 Å². The molecular formula is C17H29N3O. The molecule has 0 radical (unpaired) electrons. The third-order valence-corrected chi connectivity index (χ3v) is 3.80. The first-order chi connectivity index (χ1) is 10.2. The third kappa shape index (κ3) is 5.84. The van der Waals surface area contributed by atoms with Gasteiger partial charge in [0.25, 0.3) is 0 Å². The fraction of sp³-hybridized carbons (Fsp3) is 0.647. The van der Waals surface area contributed by atoms with Crippen molar-refractivity contribution in [2.45, 2.75) is 58.9 Å². The second kappa shape index (κ2) is 9.50. The number of pyridine rings is 1. The SMILES string of the molecule is CC.Cc1ccc(N(C)C(=O)CNC2CCCCC2)cn1. The van der Waals surface area contributed by atoms with Crippen molar-refractivity contribution in [2.24, 2.45) is 0 Å². The predicted molar refractivity (Wildman–Crippen MR) is 88.6 cm³/mol. The number of anilines is 1. The van der Waals surface area contributed by atoms with Crippen LogP contribution in [0.5, 0.6) is 0 Å². The van der Waals surface area contributed by atoms with Gasteiger partial charge in [-0.1, -0.05) is 33.1 Å². The highest BCUT2D eigenvalue weighted by atomic mass is 16.2. The fourth-order valence-corrected chi connectivity index (χ4v) is 2.46. The summed E-state index contributed by atoms with van der Waals surface area (Å²) in [4.78, 5) is 18.0. The van der Waals surface area contributed by atoms with Crippen molar-refractivity contribution in [1.29, 1.82) is 0 Å². The van der Waals surface area contributed by atoms with Crippen LogP contribution >= 0.6 is 0 Å². The minimum atomic E-state index is 0.0937. The van der Waals surface area contributed by atoms with Crippen molar-refractivity contribution >= 4 is 11.6 Å². The Balaban J connectivity index is 0.00000106. The highest BCUT2D eigenvalue weighted by Gasteiger charge is 2.16. The van der Waals surface area contributed by atoms with Crippen molar-refractivity contribution in [1.82, 2.24) is 10.3 Å². The van der Waals surface area contributed by atoms with Crippen LogP contribution in [0, 0.1) is 6.92 Å². The number of hydrogen-bond donors (Lipinski definition) is 1. The molecule has 0 atom stereocenters. The van der Waals surface area contributed by atoms with E-state index in [9.17, 15) is 4.79 Å². The maximum Gasteiger partial charge on any atom is 0.240 e. The summed E-state index contributed by atoms with van der Waals surface area (Å²) in [7, 11) is 1.80. The first kappa shape index (κ1) is 17.6. The zero-order chi connectivity index (χ0) is 15.7. The molecule has 2 rings (SSSR count). The lowest BCUT2D eigenvalue weighted by Crippen LogP contribution is -2.40. The van der Waals surface area contributed by atoms with Crippen molar-refractivity contribution in [3.05, 3.63) is 24.0 Å². The van der Waals surface area contributed by atoms with Crippen molar-refractivity contribution in [3.63, 3.8) is 0 Å². The summed E-state index contributed by atoms with van der Waals surface area (Å²) in [5, 5.41) is 3.37. The van der Waals surface area contributed by atoms with Gasteiger partial charge in [-0.2, -0.15) is 0 Å². The lowest BCUT2D eigenvalue weighted by atomic mass is 9.95. The molecule has 1 amide bonds. The van der Waals surface area contributed by atoms with Gasteiger partial charge in [0, 0.05) is 18.8 Å². The molecule has 1 fully saturated rings. The summed E-state index contributed by atoms with van der Waals surface area (Å²) in [6.07, 6.45) is 8.04. The van der Waals surface area contributed by atoms with Crippen LogP contribution in [0.2, 0.25) is 0 Å². The quantitative estimate of drug-likeness (QED) is 0.925. The van der Waals surface area contributed by atoms with Gasteiger partial charge < -0.3 is 10.2 Å². The molecule has 4 nitrogen and oxygen atoms in total. The Hall–Kier alpha value is -1.42. The van der Waals surface area contributed by atoms with Crippen LogP contribution in [0.3, 0.4) is 0 Å². The number of likely N-dealkylation sites (N-methyl/N-ethyl adjacent to an activating group) is 1. The largest absolute Gasteiger partial charge is 0.313 e. The monoisotopic (exact) mass is 291 g/mol. The van der Waals surface area contributed by atoms with E-state index in [0.29, 0.717) is 12.6 Å². The van der Waals surface area contributed by atoms with Gasteiger partial charge in [0.1, 0.15) is 0 Å². The Kier molecular flexibility index (Phi) is 7.98. The Labute approximate surface area is 129 Å². The fourth-order valence-electron chi connectivity index (χ4n) is 2.46. The number of amides is 1. The summed E-state index contributed by atoms with van der Waals surface area (Å²) in [6, 6.07) is 4.37. The van der Waals surface area contributed by atoms with Crippen LogP contribution in [-0.2, 0) is 4.79 Å². The van der Waals surface area contributed by atoms with Crippen molar-refractivity contribution in [2.75, 3.05) is 18.5 Å². The van der Waals surface area contributed by atoms with E-state index >= 15 is 0 Å². The Morgan fingerprint density at radius 3 is 2.52 bits per heavy atom. The number of nitrogens with one attached hydrogen (secondary N) is 1. The van der Waals surface area contributed by atoms with Crippen LogP contribution in [0.25, 0.3) is 0 Å². The first-order valence-corrected chi connectivity index (χ1v) is 8.09. The molecule has 0 unspecified atom stereocenters. The number of carbonyl (C=O) groups is 1. The number of nitrogens with zero attached hydrogens (tertiary/aromatic N) is 2. The summed E-state index contributed by atoms with van der Waals surface area (Å²) in [5.41, 5.74) is 1.81. The van der Waals surface area contributed by atoms with E-state index in [1.165, 1.54) is 32.1 Å². The molecule has 1 N–H and O–H groups in total. The van der Waals surface area contributed by atoms with E-state index in [1.54, 1.807) is 18.1 Å². The van der Waals surface area contributed by atoms with Crippen LogP contribution in [0.15, 0.2) is 18.3 Å². The topological polar surface area (TPSA) is 45.2 Å². The molecule has 1 aromatic rings. The minimum absolute atomic E-state index is 0.0937. The Morgan fingerprint density at radius 1 is 1.29 bits per heavy atom. The highest BCUT2D eigenvalue weighted by molar-refractivity contribution is 5.94. The van der Waals surface area contributed by atoms with Gasteiger partial charge in [0.05, 0.1) is 18.4 Å².